The number of halogens is 2. The van der Waals surface area contributed by atoms with E-state index in [4.69, 9.17) is 27.5 Å². The first-order valence-electron chi connectivity index (χ1n) is 8.26. The van der Waals surface area contributed by atoms with Crippen molar-refractivity contribution >= 4 is 58.1 Å². The van der Waals surface area contributed by atoms with Gasteiger partial charge in [-0.15, -0.1) is 18.2 Å². The molecule has 2 rings (SSSR count). The van der Waals surface area contributed by atoms with Crippen molar-refractivity contribution in [2.45, 2.75) is 11.8 Å². The van der Waals surface area contributed by atoms with Gasteiger partial charge in [-0.3, -0.25) is 4.79 Å². The zero-order valence-corrected chi connectivity index (χ0v) is 18.8. The largest absolute Gasteiger partial charge is 0.490 e. The highest BCUT2D eigenvalue weighted by Crippen LogP contribution is 2.33. The quantitative estimate of drug-likeness (QED) is 0.170. The molecule has 0 fully saturated rings. The van der Waals surface area contributed by atoms with Gasteiger partial charge >= 0.3 is 0 Å². The van der Waals surface area contributed by atoms with Crippen molar-refractivity contribution in [2.24, 2.45) is 5.10 Å². The van der Waals surface area contributed by atoms with Crippen molar-refractivity contribution in [1.82, 2.24) is 5.43 Å². The summed E-state index contributed by atoms with van der Waals surface area (Å²) in [4.78, 5) is 12.9. The Labute approximate surface area is 187 Å². The number of benzene rings is 2. The molecule has 0 saturated heterocycles. The van der Waals surface area contributed by atoms with Crippen LogP contribution >= 0.6 is 46.0 Å². The molecule has 28 heavy (non-hydrogen) atoms. The predicted octanol–water partition coefficient (Wildman–Crippen LogP) is 4.60. The molecular weight excluding hydrogens is 511 g/mol. The van der Waals surface area contributed by atoms with E-state index in [1.807, 2.05) is 25.1 Å². The molecule has 2 aromatic carbocycles. The highest BCUT2D eigenvalue weighted by Gasteiger charge is 2.11. The summed E-state index contributed by atoms with van der Waals surface area (Å²) < 4.78 is 12.0. The topological polar surface area (TPSA) is 59.9 Å². The molecule has 5 nitrogen and oxygen atoms in total. The Bertz CT molecular complexity index is 882. The number of nitrogens with one attached hydrogen (secondary N) is 1. The lowest BCUT2D eigenvalue weighted by atomic mass is 10.2. The first kappa shape index (κ1) is 22.4. The number of hydrogen-bond acceptors (Lipinski definition) is 5. The van der Waals surface area contributed by atoms with E-state index in [0.717, 1.165) is 14.0 Å². The lowest BCUT2D eigenvalue weighted by molar-refractivity contribution is -0.118. The zero-order chi connectivity index (χ0) is 20.4. The summed E-state index contributed by atoms with van der Waals surface area (Å²) in [6, 6.07) is 11.0. The Balaban J connectivity index is 1.96. The molecule has 0 bridgehead atoms. The lowest BCUT2D eigenvalue weighted by Crippen LogP contribution is -2.19. The van der Waals surface area contributed by atoms with Crippen molar-refractivity contribution in [1.29, 1.82) is 0 Å². The minimum absolute atomic E-state index is 0.158. The van der Waals surface area contributed by atoms with Gasteiger partial charge in [-0.25, -0.2) is 5.43 Å². The molecule has 0 radical (unpaired) electrons. The van der Waals surface area contributed by atoms with Crippen LogP contribution in [-0.4, -0.2) is 31.1 Å². The fraction of sp³-hybridized carbons (Fsp3) is 0.200. The van der Waals surface area contributed by atoms with Crippen molar-refractivity contribution in [3.8, 4) is 23.8 Å². The van der Waals surface area contributed by atoms with Crippen LogP contribution in [0.25, 0.3) is 0 Å². The van der Waals surface area contributed by atoms with Crippen LogP contribution in [0.3, 0.4) is 0 Å². The second kappa shape index (κ2) is 11.8. The molecule has 0 unspecified atom stereocenters. The number of nitrogens with zero attached hydrogens (tertiary/aromatic N) is 1. The summed E-state index contributed by atoms with van der Waals surface area (Å²) in [5.74, 6) is 3.66. The van der Waals surface area contributed by atoms with Crippen LogP contribution < -0.4 is 14.9 Å². The normalized spacial score (nSPS) is 10.5. The monoisotopic (exact) mass is 528 g/mol. The summed E-state index contributed by atoms with van der Waals surface area (Å²) >= 11 is 9.39. The highest BCUT2D eigenvalue weighted by atomic mass is 127. The van der Waals surface area contributed by atoms with E-state index in [9.17, 15) is 4.79 Å². The van der Waals surface area contributed by atoms with Crippen LogP contribution in [0.4, 0.5) is 0 Å². The summed E-state index contributed by atoms with van der Waals surface area (Å²) in [5, 5.41) is 4.67. The molecule has 0 heterocycles. The molecular formula is C20H18ClIN2O3S. The number of carbonyl (C=O) groups excluding carboxylic acids is 1. The molecule has 2 aromatic rings. The van der Waals surface area contributed by atoms with Crippen LogP contribution in [0.2, 0.25) is 5.02 Å². The zero-order valence-electron chi connectivity index (χ0n) is 15.1. The number of ether oxygens (including phenoxy) is 2. The van der Waals surface area contributed by atoms with Crippen molar-refractivity contribution in [3.63, 3.8) is 0 Å². The molecule has 0 aliphatic heterocycles. The average molecular weight is 529 g/mol. The van der Waals surface area contributed by atoms with Crippen LogP contribution in [0.15, 0.2) is 46.4 Å². The SMILES string of the molecule is C#CCOc1c(I)cc(/C=N\NC(=O)CSc2ccc(Cl)cc2)cc1OCC. The van der Waals surface area contributed by atoms with Crippen LogP contribution in [0, 0.1) is 15.9 Å². The molecule has 0 atom stereocenters. The number of thioether (sulfide) groups is 1. The average Bonchev–Trinajstić information content (AvgIpc) is 2.67. The van der Waals surface area contributed by atoms with Crippen LogP contribution in [-0.2, 0) is 4.79 Å². The highest BCUT2D eigenvalue weighted by molar-refractivity contribution is 14.1. The molecule has 0 aliphatic rings. The number of carbonyl (C=O) groups is 1. The third kappa shape index (κ3) is 7.26. The van der Waals surface area contributed by atoms with Crippen molar-refractivity contribution < 1.29 is 14.3 Å². The second-order valence-electron chi connectivity index (χ2n) is 5.29. The van der Waals surface area contributed by atoms with E-state index in [0.29, 0.717) is 23.1 Å². The van der Waals surface area contributed by atoms with Gasteiger partial charge in [0.15, 0.2) is 11.5 Å². The van der Waals surface area contributed by atoms with Gasteiger partial charge in [0.1, 0.15) is 6.61 Å². The van der Waals surface area contributed by atoms with E-state index in [1.165, 1.54) is 11.8 Å². The van der Waals surface area contributed by atoms with E-state index >= 15 is 0 Å². The smallest absolute Gasteiger partial charge is 0.250 e. The number of amides is 1. The number of rotatable bonds is 9. The van der Waals surface area contributed by atoms with Crippen molar-refractivity contribution in [3.05, 3.63) is 50.6 Å². The minimum Gasteiger partial charge on any atom is -0.490 e. The molecule has 8 heteroatoms. The molecule has 0 saturated carbocycles. The van der Waals surface area contributed by atoms with Crippen LogP contribution in [0.1, 0.15) is 12.5 Å². The maximum atomic E-state index is 11.9. The maximum absolute atomic E-state index is 11.9. The van der Waals surface area contributed by atoms with Gasteiger partial charge in [-0.05, 0) is 71.5 Å². The van der Waals surface area contributed by atoms with E-state index in [-0.39, 0.29) is 18.3 Å². The van der Waals surface area contributed by atoms with Gasteiger partial charge in [0.05, 0.1) is 22.1 Å². The van der Waals surface area contributed by atoms with Gasteiger partial charge < -0.3 is 9.47 Å². The summed E-state index contributed by atoms with van der Waals surface area (Å²) in [6.45, 7) is 2.53. The Morgan fingerprint density at radius 3 is 2.79 bits per heavy atom. The molecule has 0 aromatic heterocycles. The third-order valence-corrected chi connectivity index (χ3v) is 5.28. The lowest BCUT2D eigenvalue weighted by Gasteiger charge is -2.13. The van der Waals surface area contributed by atoms with Gasteiger partial charge in [-0.2, -0.15) is 5.10 Å². The van der Waals surface area contributed by atoms with Gasteiger partial charge in [0.2, 0.25) is 5.91 Å². The van der Waals surface area contributed by atoms with E-state index < -0.39 is 0 Å². The number of hydrogen-bond donors (Lipinski definition) is 1. The number of hydrazone groups is 1. The fourth-order valence-electron chi connectivity index (χ4n) is 2.07. The maximum Gasteiger partial charge on any atom is 0.250 e. The van der Waals surface area contributed by atoms with E-state index in [1.54, 1.807) is 24.4 Å². The number of terminal acetylenes is 1. The van der Waals surface area contributed by atoms with Gasteiger partial charge in [0, 0.05) is 9.92 Å². The fourth-order valence-corrected chi connectivity index (χ4v) is 3.67. The van der Waals surface area contributed by atoms with Gasteiger partial charge in [0.25, 0.3) is 0 Å². The summed E-state index contributed by atoms with van der Waals surface area (Å²) in [7, 11) is 0. The molecule has 1 amide bonds. The van der Waals surface area contributed by atoms with Crippen LogP contribution in [0.5, 0.6) is 11.5 Å². The minimum atomic E-state index is -0.204. The Morgan fingerprint density at radius 1 is 1.36 bits per heavy atom. The Morgan fingerprint density at radius 2 is 2.11 bits per heavy atom. The first-order chi connectivity index (χ1) is 13.5. The molecule has 0 spiro atoms. The first-order valence-corrected chi connectivity index (χ1v) is 10.7. The summed E-state index contributed by atoms with van der Waals surface area (Å²) in [6.07, 6.45) is 6.81. The Kier molecular flexibility index (Phi) is 9.47. The second-order valence-corrected chi connectivity index (χ2v) is 7.94. The molecule has 1 N–H and O–H groups in total. The Hall–Kier alpha value is -1.89. The molecule has 0 aliphatic carbocycles. The van der Waals surface area contributed by atoms with Gasteiger partial charge in [-0.1, -0.05) is 17.5 Å². The third-order valence-electron chi connectivity index (χ3n) is 3.22. The summed E-state index contributed by atoms with van der Waals surface area (Å²) in [5.41, 5.74) is 3.29. The standard InChI is InChI=1S/C20H18ClIN2O3S/c1-3-9-27-20-17(22)10-14(11-18(20)26-4-2)12-23-24-19(25)13-28-16-7-5-15(21)6-8-16/h1,5-8,10-12H,4,9,13H2,2H3,(H,24,25)/b23-12-. The van der Waals surface area contributed by atoms with Crippen molar-refractivity contribution in [2.75, 3.05) is 19.0 Å². The van der Waals surface area contributed by atoms with E-state index in [2.05, 4.69) is 39.0 Å². The molecule has 146 valence electrons. The predicted molar refractivity (Wildman–Crippen MR) is 123 cm³/mol.